The largest absolute Gasteiger partial charge is 0.481 e. The van der Waals surface area contributed by atoms with E-state index < -0.39 is 18.0 Å². The Morgan fingerprint density at radius 1 is 1.33 bits per heavy atom. The SMILES string of the molecule is CCC(OC1CCCC(C)C1)C(=O)N1CCC(C(=O)O)C1. The van der Waals surface area contributed by atoms with Gasteiger partial charge in [0.2, 0.25) is 0 Å². The Bertz CT molecular complexity index is 384. The van der Waals surface area contributed by atoms with Crippen LogP contribution in [0.2, 0.25) is 0 Å². The van der Waals surface area contributed by atoms with Crippen LogP contribution in [0.3, 0.4) is 0 Å². The number of carbonyl (C=O) groups excluding carboxylic acids is 1. The molecule has 4 atom stereocenters. The molecule has 1 saturated carbocycles. The predicted molar refractivity (Wildman–Crippen MR) is 78.9 cm³/mol. The van der Waals surface area contributed by atoms with Crippen molar-refractivity contribution in [2.45, 2.75) is 64.6 Å². The van der Waals surface area contributed by atoms with Gasteiger partial charge in [0.1, 0.15) is 6.10 Å². The maximum absolute atomic E-state index is 12.5. The fourth-order valence-electron chi connectivity index (χ4n) is 3.43. The minimum atomic E-state index is -0.805. The molecule has 1 heterocycles. The number of rotatable bonds is 5. The molecular formula is C16H27NO4. The summed E-state index contributed by atoms with van der Waals surface area (Å²) in [5.41, 5.74) is 0. The van der Waals surface area contributed by atoms with E-state index in [1.54, 1.807) is 4.90 Å². The van der Waals surface area contributed by atoms with Gasteiger partial charge in [0.15, 0.2) is 0 Å². The lowest BCUT2D eigenvalue weighted by Crippen LogP contribution is -2.41. The monoisotopic (exact) mass is 297 g/mol. The first kappa shape index (κ1) is 16.3. The molecule has 21 heavy (non-hydrogen) atoms. The second-order valence-electron chi connectivity index (χ2n) is 6.53. The van der Waals surface area contributed by atoms with Gasteiger partial charge in [0, 0.05) is 13.1 Å². The Balaban J connectivity index is 1.88. The molecule has 120 valence electrons. The number of hydrogen-bond acceptors (Lipinski definition) is 3. The first-order valence-corrected chi connectivity index (χ1v) is 8.18. The van der Waals surface area contributed by atoms with Crippen molar-refractivity contribution in [2.24, 2.45) is 11.8 Å². The molecule has 2 fully saturated rings. The Morgan fingerprint density at radius 2 is 2.10 bits per heavy atom. The number of aliphatic carboxylic acids is 1. The average molecular weight is 297 g/mol. The smallest absolute Gasteiger partial charge is 0.308 e. The Morgan fingerprint density at radius 3 is 2.67 bits per heavy atom. The Kier molecular flexibility index (Phi) is 5.62. The van der Waals surface area contributed by atoms with Gasteiger partial charge in [-0.2, -0.15) is 0 Å². The van der Waals surface area contributed by atoms with Crippen molar-refractivity contribution < 1.29 is 19.4 Å². The maximum Gasteiger partial charge on any atom is 0.308 e. The number of ether oxygens (including phenoxy) is 1. The minimum absolute atomic E-state index is 0.0283. The van der Waals surface area contributed by atoms with Crippen molar-refractivity contribution in [1.29, 1.82) is 0 Å². The van der Waals surface area contributed by atoms with Crippen LogP contribution in [0, 0.1) is 11.8 Å². The molecule has 1 aliphatic carbocycles. The van der Waals surface area contributed by atoms with Gasteiger partial charge in [-0.3, -0.25) is 9.59 Å². The summed E-state index contributed by atoms with van der Waals surface area (Å²) in [7, 11) is 0. The first-order chi connectivity index (χ1) is 10.0. The number of carboxylic acids is 1. The lowest BCUT2D eigenvalue weighted by Gasteiger charge is -2.31. The minimum Gasteiger partial charge on any atom is -0.481 e. The van der Waals surface area contributed by atoms with Gasteiger partial charge in [0.25, 0.3) is 5.91 Å². The highest BCUT2D eigenvalue weighted by atomic mass is 16.5. The lowest BCUT2D eigenvalue weighted by molar-refractivity contribution is -0.149. The van der Waals surface area contributed by atoms with Crippen LogP contribution in [-0.4, -0.2) is 47.2 Å². The summed E-state index contributed by atoms with van der Waals surface area (Å²) in [5, 5.41) is 9.03. The third kappa shape index (κ3) is 4.19. The van der Waals surface area contributed by atoms with Crippen molar-refractivity contribution in [3.05, 3.63) is 0 Å². The summed E-state index contributed by atoms with van der Waals surface area (Å²) in [4.78, 5) is 25.2. The van der Waals surface area contributed by atoms with Crippen LogP contribution in [0.15, 0.2) is 0 Å². The summed E-state index contributed by atoms with van der Waals surface area (Å²) in [5.74, 6) is -0.583. The van der Waals surface area contributed by atoms with E-state index >= 15 is 0 Å². The summed E-state index contributed by atoms with van der Waals surface area (Å²) >= 11 is 0. The highest BCUT2D eigenvalue weighted by molar-refractivity contribution is 5.82. The maximum atomic E-state index is 12.5. The van der Waals surface area contributed by atoms with Crippen LogP contribution in [0.1, 0.15) is 52.4 Å². The van der Waals surface area contributed by atoms with Crippen LogP contribution in [0.5, 0.6) is 0 Å². The lowest BCUT2D eigenvalue weighted by atomic mass is 9.88. The third-order valence-corrected chi connectivity index (χ3v) is 4.74. The summed E-state index contributed by atoms with van der Waals surface area (Å²) in [6.07, 6.45) is 5.45. The number of carbonyl (C=O) groups is 2. The van der Waals surface area contributed by atoms with Gasteiger partial charge in [-0.25, -0.2) is 0 Å². The fraction of sp³-hybridized carbons (Fsp3) is 0.875. The van der Waals surface area contributed by atoms with Gasteiger partial charge >= 0.3 is 5.97 Å². The zero-order valence-corrected chi connectivity index (χ0v) is 13.1. The van der Waals surface area contributed by atoms with E-state index in [-0.39, 0.29) is 12.0 Å². The predicted octanol–water partition coefficient (Wildman–Crippen LogP) is 2.29. The fourth-order valence-corrected chi connectivity index (χ4v) is 3.43. The van der Waals surface area contributed by atoms with Crippen LogP contribution < -0.4 is 0 Å². The topological polar surface area (TPSA) is 66.8 Å². The first-order valence-electron chi connectivity index (χ1n) is 8.18. The van der Waals surface area contributed by atoms with E-state index in [1.165, 1.54) is 12.8 Å². The summed E-state index contributed by atoms with van der Waals surface area (Å²) in [6.45, 7) is 5.06. The second kappa shape index (κ2) is 7.25. The van der Waals surface area contributed by atoms with Gasteiger partial charge in [0.05, 0.1) is 12.0 Å². The molecule has 2 aliphatic rings. The van der Waals surface area contributed by atoms with Crippen LogP contribution in [0.4, 0.5) is 0 Å². The number of nitrogens with zero attached hydrogens (tertiary/aromatic N) is 1. The molecule has 0 aromatic rings. The van der Waals surface area contributed by atoms with E-state index in [0.29, 0.717) is 31.8 Å². The molecule has 0 radical (unpaired) electrons. The normalized spacial score (nSPS) is 31.1. The molecule has 4 unspecified atom stereocenters. The standard InChI is InChI=1S/C16H27NO4/c1-3-14(21-13-6-4-5-11(2)9-13)15(18)17-8-7-12(10-17)16(19)20/h11-14H,3-10H2,1-2H3,(H,19,20). The molecule has 0 bridgehead atoms. The van der Waals surface area contributed by atoms with Crippen molar-refractivity contribution in [3.8, 4) is 0 Å². The van der Waals surface area contributed by atoms with Crippen molar-refractivity contribution in [1.82, 2.24) is 4.90 Å². The second-order valence-corrected chi connectivity index (χ2v) is 6.53. The van der Waals surface area contributed by atoms with E-state index in [0.717, 1.165) is 12.8 Å². The average Bonchev–Trinajstić information content (AvgIpc) is 2.94. The highest BCUT2D eigenvalue weighted by Crippen LogP contribution is 2.28. The number of likely N-dealkylation sites (tertiary alicyclic amines) is 1. The molecular weight excluding hydrogens is 270 g/mol. The summed E-state index contributed by atoms with van der Waals surface area (Å²) in [6, 6.07) is 0. The van der Waals surface area contributed by atoms with Gasteiger partial charge in [-0.1, -0.05) is 26.7 Å². The Labute approximate surface area is 126 Å². The van der Waals surface area contributed by atoms with E-state index in [2.05, 4.69) is 6.92 Å². The van der Waals surface area contributed by atoms with Crippen LogP contribution >= 0.6 is 0 Å². The molecule has 1 N–H and O–H groups in total. The Hall–Kier alpha value is -1.10. The van der Waals surface area contributed by atoms with Crippen molar-refractivity contribution in [3.63, 3.8) is 0 Å². The molecule has 0 aromatic heterocycles. The molecule has 1 amide bonds. The molecule has 1 aliphatic heterocycles. The number of amides is 1. The zero-order chi connectivity index (χ0) is 15.4. The summed E-state index contributed by atoms with van der Waals surface area (Å²) < 4.78 is 6.04. The van der Waals surface area contributed by atoms with Gasteiger partial charge in [-0.15, -0.1) is 0 Å². The molecule has 2 rings (SSSR count). The van der Waals surface area contributed by atoms with E-state index in [4.69, 9.17) is 9.84 Å². The van der Waals surface area contributed by atoms with Gasteiger partial charge < -0.3 is 14.7 Å². The van der Waals surface area contributed by atoms with Crippen LogP contribution in [0.25, 0.3) is 0 Å². The van der Waals surface area contributed by atoms with E-state index in [1.807, 2.05) is 6.92 Å². The number of hydrogen-bond donors (Lipinski definition) is 1. The van der Waals surface area contributed by atoms with Crippen molar-refractivity contribution in [2.75, 3.05) is 13.1 Å². The molecule has 0 spiro atoms. The third-order valence-electron chi connectivity index (χ3n) is 4.74. The molecule has 1 saturated heterocycles. The molecule has 5 heteroatoms. The van der Waals surface area contributed by atoms with Crippen LogP contribution in [-0.2, 0) is 14.3 Å². The number of carboxylic acid groups (broad SMARTS) is 1. The quantitative estimate of drug-likeness (QED) is 0.845. The van der Waals surface area contributed by atoms with E-state index in [9.17, 15) is 9.59 Å². The highest BCUT2D eigenvalue weighted by Gasteiger charge is 2.35. The van der Waals surface area contributed by atoms with Gasteiger partial charge in [-0.05, 0) is 31.6 Å². The zero-order valence-electron chi connectivity index (χ0n) is 13.1. The van der Waals surface area contributed by atoms with Crippen molar-refractivity contribution >= 4 is 11.9 Å². The molecule has 0 aromatic carbocycles. The molecule has 5 nitrogen and oxygen atoms in total.